The van der Waals surface area contributed by atoms with Gasteiger partial charge in [-0.2, -0.15) is 4.98 Å². The minimum atomic E-state index is -0.382. The number of anilines is 1. The first kappa shape index (κ1) is 15.3. The number of rotatable bonds is 7. The highest BCUT2D eigenvalue weighted by atomic mass is 16.2. The van der Waals surface area contributed by atoms with E-state index in [2.05, 4.69) is 15.3 Å². The molecular weight excluding hydrogens is 272 g/mol. The number of nitrogens with one attached hydrogen (secondary N) is 2. The van der Waals surface area contributed by atoms with E-state index in [0.29, 0.717) is 17.1 Å². The molecule has 0 bridgehead atoms. The number of H-pyrrole nitrogens is 1. The molecule has 0 aliphatic heterocycles. The molecule has 2 rings (SSSR count). The lowest BCUT2D eigenvalue weighted by Crippen LogP contribution is -2.36. The van der Waals surface area contributed by atoms with Crippen molar-refractivity contribution in [2.75, 3.05) is 18.4 Å². The summed E-state index contributed by atoms with van der Waals surface area (Å²) in [6.45, 7) is 1.49. The lowest BCUT2D eigenvalue weighted by molar-refractivity contribution is 0.660. The maximum Gasteiger partial charge on any atom is 0.332 e. The molecule has 2 heterocycles. The van der Waals surface area contributed by atoms with Gasteiger partial charge in [0.1, 0.15) is 0 Å². The molecule has 0 atom stereocenters. The molecule has 8 nitrogen and oxygen atoms in total. The molecule has 0 saturated heterocycles. The largest absolute Gasteiger partial charge is 0.356 e. The Balaban J connectivity index is 2.10. The molecule has 0 spiro atoms. The van der Waals surface area contributed by atoms with Gasteiger partial charge in [-0.1, -0.05) is 12.8 Å². The Kier molecular flexibility index (Phi) is 4.79. The minimum Gasteiger partial charge on any atom is -0.356 e. The maximum absolute atomic E-state index is 12.0. The van der Waals surface area contributed by atoms with E-state index < -0.39 is 0 Å². The molecule has 0 aliphatic carbocycles. The summed E-state index contributed by atoms with van der Waals surface area (Å²) < 4.78 is 2.43. The molecule has 0 amide bonds. The van der Waals surface area contributed by atoms with E-state index in [0.717, 1.165) is 43.3 Å². The van der Waals surface area contributed by atoms with Crippen molar-refractivity contribution < 1.29 is 0 Å². The first-order valence-corrected chi connectivity index (χ1v) is 7.16. The number of hydrogen-bond donors (Lipinski definition) is 3. The summed E-state index contributed by atoms with van der Waals surface area (Å²) >= 11 is 0. The average Bonchev–Trinajstić information content (AvgIpc) is 2.91. The molecule has 0 radical (unpaired) electrons. The van der Waals surface area contributed by atoms with Crippen molar-refractivity contribution in [1.82, 2.24) is 19.1 Å². The van der Waals surface area contributed by atoms with Crippen molar-refractivity contribution >= 4 is 17.1 Å². The monoisotopic (exact) mass is 294 g/mol. The number of aryl methyl sites for hydroxylation is 1. The fraction of sp³-hybridized carbons (Fsp3) is 0.615. The van der Waals surface area contributed by atoms with Gasteiger partial charge in [0.05, 0.1) is 0 Å². The summed E-state index contributed by atoms with van der Waals surface area (Å²) in [7, 11) is 3.05. The van der Waals surface area contributed by atoms with Crippen LogP contribution in [0, 0.1) is 0 Å². The minimum absolute atomic E-state index is 0.338. The zero-order valence-corrected chi connectivity index (χ0v) is 12.5. The Hall–Kier alpha value is -2.09. The number of nitrogens with zero attached hydrogens (tertiary/aromatic N) is 3. The van der Waals surface area contributed by atoms with E-state index in [9.17, 15) is 9.59 Å². The highest BCUT2D eigenvalue weighted by Gasteiger charge is 2.12. The van der Waals surface area contributed by atoms with Crippen molar-refractivity contribution in [3.8, 4) is 0 Å². The van der Waals surface area contributed by atoms with Crippen LogP contribution in [0.3, 0.4) is 0 Å². The van der Waals surface area contributed by atoms with Crippen LogP contribution in [-0.4, -0.2) is 32.2 Å². The third kappa shape index (κ3) is 3.15. The second kappa shape index (κ2) is 6.57. The van der Waals surface area contributed by atoms with Gasteiger partial charge in [0.2, 0.25) is 5.95 Å². The van der Waals surface area contributed by atoms with E-state index in [1.807, 2.05) is 0 Å². The second-order valence-electron chi connectivity index (χ2n) is 5.12. The summed E-state index contributed by atoms with van der Waals surface area (Å²) in [5, 5.41) is 3.14. The van der Waals surface area contributed by atoms with Crippen LogP contribution in [0.25, 0.3) is 11.2 Å². The summed E-state index contributed by atoms with van der Waals surface area (Å²) in [6.07, 6.45) is 4.27. The molecule has 21 heavy (non-hydrogen) atoms. The van der Waals surface area contributed by atoms with Gasteiger partial charge in [-0.05, 0) is 19.4 Å². The van der Waals surface area contributed by atoms with Crippen LogP contribution in [0.2, 0.25) is 0 Å². The van der Waals surface area contributed by atoms with E-state index >= 15 is 0 Å². The third-order valence-corrected chi connectivity index (χ3v) is 3.52. The number of aromatic nitrogens is 4. The van der Waals surface area contributed by atoms with Crippen molar-refractivity contribution in [2.24, 2.45) is 19.8 Å². The molecular formula is C13H22N6O2. The summed E-state index contributed by atoms with van der Waals surface area (Å²) in [6, 6.07) is 0. The van der Waals surface area contributed by atoms with Gasteiger partial charge >= 0.3 is 5.69 Å². The van der Waals surface area contributed by atoms with Crippen LogP contribution in [0.15, 0.2) is 9.59 Å². The Morgan fingerprint density at radius 3 is 2.57 bits per heavy atom. The van der Waals surface area contributed by atoms with Crippen LogP contribution in [0.4, 0.5) is 5.95 Å². The smallest absolute Gasteiger partial charge is 0.332 e. The number of imidazole rings is 1. The molecule has 4 N–H and O–H groups in total. The van der Waals surface area contributed by atoms with Gasteiger partial charge in [0, 0.05) is 20.6 Å². The normalized spacial score (nSPS) is 11.2. The molecule has 0 fully saturated rings. The van der Waals surface area contributed by atoms with Crippen LogP contribution >= 0.6 is 0 Å². The van der Waals surface area contributed by atoms with Crippen LogP contribution in [0.5, 0.6) is 0 Å². The van der Waals surface area contributed by atoms with Crippen LogP contribution in [-0.2, 0) is 14.1 Å². The van der Waals surface area contributed by atoms with E-state index in [-0.39, 0.29) is 11.2 Å². The van der Waals surface area contributed by atoms with Crippen molar-refractivity contribution in [3.63, 3.8) is 0 Å². The number of hydrogen-bond acceptors (Lipinski definition) is 5. The summed E-state index contributed by atoms with van der Waals surface area (Å²) in [5.41, 5.74) is 5.40. The van der Waals surface area contributed by atoms with Crippen LogP contribution in [0.1, 0.15) is 25.7 Å². The average molecular weight is 294 g/mol. The van der Waals surface area contributed by atoms with E-state index in [1.165, 1.54) is 11.6 Å². The lowest BCUT2D eigenvalue weighted by atomic mass is 10.2. The molecule has 0 unspecified atom stereocenters. The fourth-order valence-corrected chi connectivity index (χ4v) is 2.24. The third-order valence-electron chi connectivity index (χ3n) is 3.52. The molecule has 0 aromatic carbocycles. The Labute approximate surface area is 122 Å². The molecule has 2 aromatic rings. The lowest BCUT2D eigenvalue weighted by Gasteiger charge is -2.02. The quantitative estimate of drug-likeness (QED) is 0.617. The van der Waals surface area contributed by atoms with E-state index in [1.54, 1.807) is 7.05 Å². The first-order valence-electron chi connectivity index (χ1n) is 7.16. The van der Waals surface area contributed by atoms with Crippen molar-refractivity contribution in [3.05, 3.63) is 20.8 Å². The van der Waals surface area contributed by atoms with Gasteiger partial charge in [-0.15, -0.1) is 0 Å². The number of fused-ring (bicyclic) bond motifs is 1. The topological polar surface area (TPSA) is 111 Å². The molecule has 2 aromatic heterocycles. The zero-order valence-electron chi connectivity index (χ0n) is 12.5. The number of nitrogens with two attached hydrogens (primary N) is 1. The standard InChI is InChI=1S/C13H22N6O2/c1-18-10-9(11(20)19(2)13(18)21)16-12(17-10)15-8-6-4-3-5-7-14/h3-8,14H2,1-2H3,(H2,15,16,17). The number of unbranched alkanes of at least 4 members (excludes halogenated alkanes) is 3. The van der Waals surface area contributed by atoms with Gasteiger partial charge in [0.15, 0.2) is 11.2 Å². The van der Waals surface area contributed by atoms with Gasteiger partial charge < -0.3 is 16.0 Å². The fourth-order valence-electron chi connectivity index (χ4n) is 2.24. The zero-order chi connectivity index (χ0) is 15.4. The first-order chi connectivity index (χ1) is 10.1. The molecule has 0 saturated carbocycles. The number of aromatic amines is 1. The Morgan fingerprint density at radius 2 is 1.86 bits per heavy atom. The highest BCUT2D eigenvalue weighted by Crippen LogP contribution is 2.08. The molecule has 8 heteroatoms. The van der Waals surface area contributed by atoms with Crippen molar-refractivity contribution in [1.29, 1.82) is 0 Å². The predicted molar refractivity (Wildman–Crippen MR) is 82.6 cm³/mol. The SMILES string of the molecule is Cn1c(=O)c2[nH]c(NCCCCCCN)nc2n(C)c1=O. The van der Waals surface area contributed by atoms with Crippen molar-refractivity contribution in [2.45, 2.75) is 25.7 Å². The van der Waals surface area contributed by atoms with Crippen LogP contribution < -0.4 is 22.3 Å². The van der Waals surface area contributed by atoms with E-state index in [4.69, 9.17) is 5.73 Å². The van der Waals surface area contributed by atoms with Gasteiger partial charge in [-0.3, -0.25) is 13.9 Å². The Bertz CT molecular complexity index is 727. The predicted octanol–water partition coefficient (Wildman–Crippen LogP) is -0.109. The second-order valence-corrected chi connectivity index (χ2v) is 5.12. The van der Waals surface area contributed by atoms with Gasteiger partial charge in [-0.25, -0.2) is 4.79 Å². The molecule has 116 valence electrons. The Morgan fingerprint density at radius 1 is 1.14 bits per heavy atom. The highest BCUT2D eigenvalue weighted by molar-refractivity contribution is 5.72. The van der Waals surface area contributed by atoms with Gasteiger partial charge in [0.25, 0.3) is 5.56 Å². The summed E-state index contributed by atoms with van der Waals surface area (Å²) in [5.74, 6) is 0.516. The molecule has 0 aliphatic rings. The maximum atomic E-state index is 12.0. The summed E-state index contributed by atoms with van der Waals surface area (Å²) in [4.78, 5) is 31.0.